The summed E-state index contributed by atoms with van der Waals surface area (Å²) in [4.78, 5) is 25.3. The molecule has 0 radical (unpaired) electrons. The lowest BCUT2D eigenvalue weighted by Gasteiger charge is -2.08. The minimum atomic E-state index is -0.499. The number of thiophene rings is 2. The first kappa shape index (κ1) is 18.4. The van der Waals surface area contributed by atoms with E-state index in [0.29, 0.717) is 21.3 Å². The molecule has 1 amide bonds. The zero-order valence-electron chi connectivity index (χ0n) is 13.7. The Labute approximate surface area is 163 Å². The summed E-state index contributed by atoms with van der Waals surface area (Å²) in [7, 11) is 1.31. The van der Waals surface area contributed by atoms with Gasteiger partial charge in [-0.15, -0.1) is 22.7 Å². The molecule has 0 unspecified atom stereocenters. The molecular formula is C18H14ClNO4S2. The van der Waals surface area contributed by atoms with E-state index in [4.69, 9.17) is 21.1 Å². The van der Waals surface area contributed by atoms with Gasteiger partial charge in [0.1, 0.15) is 16.3 Å². The summed E-state index contributed by atoms with van der Waals surface area (Å²) in [5, 5.41) is 7.42. The van der Waals surface area contributed by atoms with Crippen LogP contribution in [0.3, 0.4) is 0 Å². The van der Waals surface area contributed by atoms with Crippen LogP contribution in [0.25, 0.3) is 10.4 Å². The predicted molar refractivity (Wildman–Crippen MR) is 105 cm³/mol. The van der Waals surface area contributed by atoms with Crippen LogP contribution >= 0.6 is 34.3 Å². The highest BCUT2D eigenvalue weighted by molar-refractivity contribution is 7.17. The van der Waals surface area contributed by atoms with E-state index < -0.39 is 5.97 Å². The van der Waals surface area contributed by atoms with E-state index in [1.165, 1.54) is 29.8 Å². The highest BCUT2D eigenvalue weighted by atomic mass is 35.5. The maximum Gasteiger partial charge on any atom is 0.341 e. The minimum Gasteiger partial charge on any atom is -0.484 e. The Morgan fingerprint density at radius 3 is 2.73 bits per heavy atom. The van der Waals surface area contributed by atoms with E-state index in [0.717, 1.165) is 10.4 Å². The Bertz CT molecular complexity index is 921. The minimum absolute atomic E-state index is 0.201. The van der Waals surface area contributed by atoms with E-state index in [2.05, 4.69) is 5.32 Å². The van der Waals surface area contributed by atoms with Crippen molar-refractivity contribution in [2.45, 2.75) is 0 Å². The molecule has 2 aromatic heterocycles. The standard InChI is InChI=1S/C18H14ClNO4S2/c1-23-18(22)16-13(14-6-3-7-25-14)10-26-17(16)20-15(21)9-24-12-5-2-4-11(19)8-12/h2-8,10H,9H2,1H3,(H,20,21). The van der Waals surface area contributed by atoms with E-state index in [-0.39, 0.29) is 12.5 Å². The largest absolute Gasteiger partial charge is 0.484 e. The van der Waals surface area contributed by atoms with Crippen LogP contribution in [0.15, 0.2) is 47.2 Å². The van der Waals surface area contributed by atoms with Gasteiger partial charge in [0.2, 0.25) is 0 Å². The SMILES string of the molecule is COC(=O)c1c(-c2cccs2)csc1NC(=O)COc1cccc(Cl)c1. The second-order valence-electron chi connectivity index (χ2n) is 5.12. The van der Waals surface area contributed by atoms with Crippen LogP contribution in [0.2, 0.25) is 5.02 Å². The molecule has 0 aliphatic heterocycles. The smallest absolute Gasteiger partial charge is 0.341 e. The summed E-state index contributed by atoms with van der Waals surface area (Å²) < 4.78 is 10.3. The molecule has 0 saturated carbocycles. The number of anilines is 1. The first-order chi connectivity index (χ1) is 12.6. The zero-order chi connectivity index (χ0) is 18.5. The number of hydrogen-bond donors (Lipinski definition) is 1. The quantitative estimate of drug-likeness (QED) is 0.588. The van der Waals surface area contributed by atoms with Crippen LogP contribution < -0.4 is 10.1 Å². The van der Waals surface area contributed by atoms with E-state index >= 15 is 0 Å². The number of halogens is 1. The third kappa shape index (κ3) is 4.24. The van der Waals surface area contributed by atoms with Crippen molar-refractivity contribution in [1.82, 2.24) is 0 Å². The topological polar surface area (TPSA) is 64.6 Å². The molecule has 2 heterocycles. The summed E-state index contributed by atoms with van der Waals surface area (Å²) in [6.07, 6.45) is 0. The van der Waals surface area contributed by atoms with Gasteiger partial charge in [-0.1, -0.05) is 23.7 Å². The Morgan fingerprint density at radius 1 is 1.19 bits per heavy atom. The number of esters is 1. The van der Waals surface area contributed by atoms with Gasteiger partial charge in [-0.3, -0.25) is 4.79 Å². The Balaban J connectivity index is 1.74. The highest BCUT2D eigenvalue weighted by Crippen LogP contribution is 2.38. The lowest BCUT2D eigenvalue weighted by atomic mass is 10.1. The van der Waals surface area contributed by atoms with Gasteiger partial charge in [0.15, 0.2) is 6.61 Å². The van der Waals surface area contributed by atoms with Crippen molar-refractivity contribution < 1.29 is 19.1 Å². The number of rotatable bonds is 6. The molecule has 0 aliphatic carbocycles. The van der Waals surface area contributed by atoms with Crippen LogP contribution in [0.4, 0.5) is 5.00 Å². The number of benzene rings is 1. The van der Waals surface area contributed by atoms with Crippen molar-refractivity contribution in [3.05, 3.63) is 57.7 Å². The monoisotopic (exact) mass is 407 g/mol. The molecule has 1 N–H and O–H groups in total. The van der Waals surface area contributed by atoms with E-state index in [9.17, 15) is 9.59 Å². The van der Waals surface area contributed by atoms with Gasteiger partial charge < -0.3 is 14.8 Å². The lowest BCUT2D eigenvalue weighted by molar-refractivity contribution is -0.118. The molecule has 8 heteroatoms. The van der Waals surface area contributed by atoms with Crippen molar-refractivity contribution in [2.75, 3.05) is 19.0 Å². The highest BCUT2D eigenvalue weighted by Gasteiger charge is 2.22. The van der Waals surface area contributed by atoms with Crippen LogP contribution in [-0.2, 0) is 9.53 Å². The number of ether oxygens (including phenoxy) is 2. The summed E-state index contributed by atoms with van der Waals surface area (Å²) in [6.45, 7) is -0.201. The average molecular weight is 408 g/mol. The predicted octanol–water partition coefficient (Wildman–Crippen LogP) is 4.93. The van der Waals surface area contributed by atoms with Gasteiger partial charge >= 0.3 is 5.97 Å². The fourth-order valence-electron chi connectivity index (χ4n) is 2.24. The fraction of sp³-hybridized carbons (Fsp3) is 0.111. The molecular weight excluding hydrogens is 394 g/mol. The van der Waals surface area contributed by atoms with Gasteiger partial charge in [-0.2, -0.15) is 0 Å². The molecule has 0 bridgehead atoms. The Hall–Kier alpha value is -2.35. The second-order valence-corrected chi connectivity index (χ2v) is 7.38. The van der Waals surface area contributed by atoms with E-state index in [1.54, 1.807) is 24.3 Å². The summed E-state index contributed by atoms with van der Waals surface area (Å²) in [5.41, 5.74) is 1.08. The Morgan fingerprint density at radius 2 is 2.04 bits per heavy atom. The van der Waals surface area contributed by atoms with Crippen LogP contribution in [0.5, 0.6) is 5.75 Å². The lowest BCUT2D eigenvalue weighted by Crippen LogP contribution is -2.21. The molecule has 0 spiro atoms. The van der Waals surface area contributed by atoms with Crippen molar-refractivity contribution in [3.8, 4) is 16.2 Å². The maximum absolute atomic E-state index is 12.2. The van der Waals surface area contributed by atoms with Crippen LogP contribution in [0.1, 0.15) is 10.4 Å². The van der Waals surface area contributed by atoms with Crippen molar-refractivity contribution in [3.63, 3.8) is 0 Å². The van der Waals surface area contributed by atoms with Gasteiger partial charge in [0, 0.05) is 20.8 Å². The summed E-state index contributed by atoms with van der Waals surface area (Å²) >= 11 is 8.66. The number of nitrogens with one attached hydrogen (secondary N) is 1. The van der Waals surface area contributed by atoms with Crippen LogP contribution in [0, 0.1) is 0 Å². The molecule has 26 heavy (non-hydrogen) atoms. The van der Waals surface area contributed by atoms with Crippen molar-refractivity contribution in [1.29, 1.82) is 0 Å². The second kappa shape index (κ2) is 8.35. The number of carbonyl (C=O) groups excluding carboxylic acids is 2. The van der Waals surface area contributed by atoms with E-state index in [1.807, 2.05) is 22.9 Å². The third-order valence-electron chi connectivity index (χ3n) is 3.39. The number of carbonyl (C=O) groups is 2. The molecule has 0 fully saturated rings. The normalized spacial score (nSPS) is 10.4. The van der Waals surface area contributed by atoms with Gasteiger partial charge in [-0.05, 0) is 29.6 Å². The zero-order valence-corrected chi connectivity index (χ0v) is 16.0. The number of methoxy groups -OCH3 is 1. The molecule has 1 aromatic carbocycles. The molecule has 134 valence electrons. The fourth-order valence-corrected chi connectivity index (χ4v) is 4.20. The average Bonchev–Trinajstić information content (AvgIpc) is 3.29. The molecule has 0 atom stereocenters. The third-order valence-corrected chi connectivity index (χ3v) is 5.42. The van der Waals surface area contributed by atoms with Crippen molar-refractivity contribution in [2.24, 2.45) is 0 Å². The number of amides is 1. The molecule has 3 rings (SSSR count). The van der Waals surface area contributed by atoms with Gasteiger partial charge in [-0.25, -0.2) is 4.79 Å². The molecule has 0 aliphatic rings. The molecule has 3 aromatic rings. The maximum atomic E-state index is 12.2. The summed E-state index contributed by atoms with van der Waals surface area (Å²) in [5.74, 6) is -0.387. The van der Waals surface area contributed by atoms with Gasteiger partial charge in [0.25, 0.3) is 5.91 Å². The summed E-state index contributed by atoms with van der Waals surface area (Å²) in [6, 6.07) is 10.6. The Kier molecular flexibility index (Phi) is 5.92. The first-order valence-electron chi connectivity index (χ1n) is 7.50. The molecule has 5 nitrogen and oxygen atoms in total. The van der Waals surface area contributed by atoms with Crippen molar-refractivity contribution >= 4 is 51.2 Å². The number of hydrogen-bond acceptors (Lipinski definition) is 6. The first-order valence-corrected chi connectivity index (χ1v) is 9.64. The molecule has 0 saturated heterocycles. The van der Waals surface area contributed by atoms with Crippen LogP contribution in [-0.4, -0.2) is 25.6 Å². The van der Waals surface area contributed by atoms with Gasteiger partial charge in [0.05, 0.1) is 7.11 Å².